The zero-order chi connectivity index (χ0) is 15.4. The predicted octanol–water partition coefficient (Wildman–Crippen LogP) is 4.77. The molecule has 0 saturated heterocycles. The van der Waals surface area contributed by atoms with Crippen LogP contribution in [0, 0.1) is 5.82 Å². The lowest BCUT2D eigenvalue weighted by molar-refractivity contribution is 0.340. The van der Waals surface area contributed by atoms with Gasteiger partial charge < -0.3 is 10.5 Å². The Balaban J connectivity index is 2.25. The Morgan fingerprint density at radius 3 is 2.57 bits per heavy atom. The number of halogens is 3. The summed E-state index contributed by atoms with van der Waals surface area (Å²) in [6, 6.07) is 9.42. The summed E-state index contributed by atoms with van der Waals surface area (Å²) in [6.07, 6.45) is 0.344. The van der Waals surface area contributed by atoms with E-state index in [9.17, 15) is 4.39 Å². The van der Waals surface area contributed by atoms with Crippen molar-refractivity contribution in [1.82, 2.24) is 0 Å². The van der Waals surface area contributed by atoms with Crippen molar-refractivity contribution in [3.05, 3.63) is 63.4 Å². The van der Waals surface area contributed by atoms with Crippen molar-refractivity contribution >= 4 is 23.2 Å². The van der Waals surface area contributed by atoms with Crippen LogP contribution in [0.3, 0.4) is 0 Å². The van der Waals surface area contributed by atoms with Gasteiger partial charge in [0.15, 0.2) is 0 Å². The lowest BCUT2D eigenvalue weighted by Gasteiger charge is -2.16. The molecule has 0 heterocycles. The quantitative estimate of drug-likeness (QED) is 0.858. The smallest absolute Gasteiger partial charge is 0.139 e. The van der Waals surface area contributed by atoms with E-state index in [0.29, 0.717) is 39.9 Å². The van der Waals surface area contributed by atoms with Gasteiger partial charge in [-0.25, -0.2) is 4.39 Å². The molecule has 2 rings (SSSR count). The highest BCUT2D eigenvalue weighted by Gasteiger charge is 2.16. The lowest BCUT2D eigenvalue weighted by atomic mass is 9.99. The van der Waals surface area contributed by atoms with Crippen LogP contribution in [-0.4, -0.2) is 6.61 Å². The van der Waals surface area contributed by atoms with Gasteiger partial charge >= 0.3 is 0 Å². The molecule has 2 N–H and O–H groups in total. The molecule has 0 saturated carbocycles. The molecule has 2 aromatic rings. The molecule has 0 radical (unpaired) electrons. The van der Waals surface area contributed by atoms with Crippen molar-refractivity contribution in [3.63, 3.8) is 0 Å². The van der Waals surface area contributed by atoms with Gasteiger partial charge in [-0.3, -0.25) is 0 Å². The Bertz CT molecular complexity index is 634. The van der Waals surface area contributed by atoms with Crippen LogP contribution in [0.5, 0.6) is 5.75 Å². The minimum atomic E-state index is -0.442. The average molecular weight is 328 g/mol. The van der Waals surface area contributed by atoms with Crippen LogP contribution >= 0.6 is 23.2 Å². The molecule has 0 aromatic heterocycles. The highest BCUT2D eigenvalue weighted by Crippen LogP contribution is 2.34. The molecule has 0 aliphatic rings. The maximum Gasteiger partial charge on any atom is 0.139 e. The monoisotopic (exact) mass is 327 g/mol. The van der Waals surface area contributed by atoms with Crippen LogP contribution in [-0.2, 0) is 6.42 Å². The standard InChI is InChI=1S/C16H16Cl2FNO/c1-2-21-16-9-12(17)11(8-13(16)18)15(20)7-10-5-3-4-6-14(10)19/h3-6,8-9,15H,2,7,20H2,1H3. The van der Waals surface area contributed by atoms with Crippen molar-refractivity contribution in [3.8, 4) is 5.75 Å². The number of rotatable bonds is 5. The van der Waals surface area contributed by atoms with Gasteiger partial charge in [0.2, 0.25) is 0 Å². The number of ether oxygens (including phenoxy) is 1. The SMILES string of the molecule is CCOc1cc(Cl)c(C(N)Cc2ccccc2F)cc1Cl. The Kier molecular flexibility index (Phi) is 5.45. The summed E-state index contributed by atoms with van der Waals surface area (Å²) in [7, 11) is 0. The minimum absolute atomic E-state index is 0.277. The first-order valence-electron chi connectivity index (χ1n) is 6.63. The topological polar surface area (TPSA) is 35.2 Å². The first-order chi connectivity index (χ1) is 10.0. The van der Waals surface area contributed by atoms with E-state index in [4.69, 9.17) is 33.7 Å². The Labute approximate surface area is 133 Å². The van der Waals surface area contributed by atoms with Crippen molar-refractivity contribution in [1.29, 1.82) is 0 Å². The third-order valence-corrected chi connectivity index (χ3v) is 3.77. The molecule has 21 heavy (non-hydrogen) atoms. The third-order valence-electron chi connectivity index (χ3n) is 3.15. The van der Waals surface area contributed by atoms with Crippen LogP contribution in [0.25, 0.3) is 0 Å². The fourth-order valence-electron chi connectivity index (χ4n) is 2.11. The highest BCUT2D eigenvalue weighted by molar-refractivity contribution is 6.34. The molecule has 1 unspecified atom stereocenters. The molecule has 0 amide bonds. The molecule has 0 aliphatic heterocycles. The van der Waals surface area contributed by atoms with Crippen LogP contribution in [0.2, 0.25) is 10.0 Å². The summed E-state index contributed by atoms with van der Waals surface area (Å²) >= 11 is 12.4. The summed E-state index contributed by atoms with van der Waals surface area (Å²) in [5.74, 6) is 0.243. The van der Waals surface area contributed by atoms with Gasteiger partial charge in [-0.05, 0) is 36.6 Å². The number of hydrogen-bond donors (Lipinski definition) is 1. The summed E-state index contributed by atoms with van der Waals surface area (Å²) in [6.45, 7) is 2.36. The number of benzene rings is 2. The number of hydrogen-bond acceptors (Lipinski definition) is 2. The second kappa shape index (κ2) is 7.12. The second-order valence-corrected chi connectivity index (χ2v) is 5.45. The van der Waals surface area contributed by atoms with Gasteiger partial charge in [0.1, 0.15) is 11.6 Å². The van der Waals surface area contributed by atoms with E-state index in [1.165, 1.54) is 6.07 Å². The van der Waals surface area contributed by atoms with E-state index in [1.807, 2.05) is 6.92 Å². The zero-order valence-corrected chi connectivity index (χ0v) is 13.1. The molecule has 2 aromatic carbocycles. The van der Waals surface area contributed by atoms with Gasteiger partial charge in [-0.1, -0.05) is 41.4 Å². The second-order valence-electron chi connectivity index (χ2n) is 4.64. The molecule has 0 aliphatic carbocycles. The summed E-state index contributed by atoms with van der Waals surface area (Å²) in [4.78, 5) is 0. The van der Waals surface area contributed by atoms with Crippen molar-refractivity contribution in [2.75, 3.05) is 6.61 Å². The van der Waals surface area contributed by atoms with E-state index >= 15 is 0 Å². The maximum absolute atomic E-state index is 13.7. The van der Waals surface area contributed by atoms with Crippen LogP contribution in [0.15, 0.2) is 36.4 Å². The molecular weight excluding hydrogens is 312 g/mol. The van der Waals surface area contributed by atoms with Crippen LogP contribution in [0.4, 0.5) is 4.39 Å². The van der Waals surface area contributed by atoms with Crippen LogP contribution in [0.1, 0.15) is 24.1 Å². The molecule has 0 fully saturated rings. The fraction of sp³-hybridized carbons (Fsp3) is 0.250. The van der Waals surface area contributed by atoms with Gasteiger partial charge in [0, 0.05) is 17.1 Å². The fourth-order valence-corrected chi connectivity index (χ4v) is 2.63. The first-order valence-corrected chi connectivity index (χ1v) is 7.39. The van der Waals surface area contributed by atoms with Crippen molar-refractivity contribution in [2.24, 2.45) is 5.73 Å². The van der Waals surface area contributed by atoms with E-state index < -0.39 is 6.04 Å². The first kappa shape index (κ1) is 16.1. The molecule has 0 bridgehead atoms. The Morgan fingerprint density at radius 1 is 1.19 bits per heavy atom. The highest BCUT2D eigenvalue weighted by atomic mass is 35.5. The summed E-state index contributed by atoms with van der Waals surface area (Å²) in [5, 5.41) is 0.909. The summed E-state index contributed by atoms with van der Waals surface area (Å²) < 4.78 is 19.0. The van der Waals surface area contributed by atoms with E-state index in [-0.39, 0.29) is 5.82 Å². The molecular formula is C16H16Cl2FNO. The van der Waals surface area contributed by atoms with Gasteiger partial charge in [0.05, 0.1) is 11.6 Å². The van der Waals surface area contributed by atoms with E-state index in [2.05, 4.69) is 0 Å². The molecule has 112 valence electrons. The maximum atomic E-state index is 13.7. The number of nitrogens with two attached hydrogens (primary N) is 1. The van der Waals surface area contributed by atoms with Gasteiger partial charge in [0.25, 0.3) is 0 Å². The molecule has 5 heteroatoms. The van der Waals surface area contributed by atoms with Crippen LogP contribution < -0.4 is 10.5 Å². The summed E-state index contributed by atoms with van der Waals surface area (Å²) in [5.41, 5.74) is 7.36. The third kappa shape index (κ3) is 3.88. The van der Waals surface area contributed by atoms with Gasteiger partial charge in [-0.15, -0.1) is 0 Å². The Hall–Kier alpha value is -1.29. The zero-order valence-electron chi connectivity index (χ0n) is 11.6. The average Bonchev–Trinajstić information content (AvgIpc) is 2.45. The molecule has 0 spiro atoms. The van der Waals surface area contributed by atoms with E-state index in [0.717, 1.165) is 0 Å². The predicted molar refractivity (Wildman–Crippen MR) is 84.7 cm³/mol. The van der Waals surface area contributed by atoms with Gasteiger partial charge in [-0.2, -0.15) is 0 Å². The largest absolute Gasteiger partial charge is 0.492 e. The van der Waals surface area contributed by atoms with Crippen molar-refractivity contribution < 1.29 is 9.13 Å². The minimum Gasteiger partial charge on any atom is -0.492 e. The lowest BCUT2D eigenvalue weighted by Crippen LogP contribution is -2.15. The molecule has 1 atom stereocenters. The van der Waals surface area contributed by atoms with E-state index in [1.54, 1.807) is 30.3 Å². The normalized spacial score (nSPS) is 12.2. The molecule has 2 nitrogen and oxygen atoms in total. The van der Waals surface area contributed by atoms with Crippen molar-refractivity contribution in [2.45, 2.75) is 19.4 Å². The Morgan fingerprint density at radius 2 is 1.90 bits per heavy atom.